The molecule has 1 saturated heterocycles. The summed E-state index contributed by atoms with van der Waals surface area (Å²) in [6.07, 6.45) is 3.74. The third kappa shape index (κ3) is 3.05. The number of carbonyl (C=O) groups excluding carboxylic acids is 1. The number of imidazole rings is 1. The second kappa shape index (κ2) is 6.41. The van der Waals surface area contributed by atoms with Gasteiger partial charge in [-0.25, -0.2) is 4.98 Å². The monoisotopic (exact) mass is 305 g/mol. The molecular formula is C17H27N3O2. The van der Waals surface area contributed by atoms with E-state index < -0.39 is 0 Å². The summed E-state index contributed by atoms with van der Waals surface area (Å²) in [5.74, 6) is 2.42. The van der Waals surface area contributed by atoms with E-state index in [9.17, 15) is 4.79 Å². The Kier molecular flexibility index (Phi) is 4.52. The van der Waals surface area contributed by atoms with E-state index in [1.807, 2.05) is 4.90 Å². The van der Waals surface area contributed by atoms with Gasteiger partial charge in [-0.3, -0.25) is 4.79 Å². The molecule has 0 bridgehead atoms. The average Bonchev–Trinajstić information content (AvgIpc) is 3.12. The van der Waals surface area contributed by atoms with Gasteiger partial charge in [0, 0.05) is 50.1 Å². The first kappa shape index (κ1) is 15.5. The zero-order valence-electron chi connectivity index (χ0n) is 13.9. The fourth-order valence-corrected chi connectivity index (χ4v) is 3.65. The van der Waals surface area contributed by atoms with Gasteiger partial charge in [-0.05, 0) is 19.3 Å². The van der Waals surface area contributed by atoms with E-state index in [4.69, 9.17) is 4.74 Å². The first-order chi connectivity index (χ1) is 10.6. The lowest BCUT2D eigenvalue weighted by Gasteiger charge is -2.26. The molecule has 2 aliphatic rings. The number of likely N-dealkylation sites (tertiary alicyclic amines) is 1. The molecule has 1 aliphatic carbocycles. The van der Waals surface area contributed by atoms with Crippen molar-refractivity contribution < 1.29 is 9.53 Å². The summed E-state index contributed by atoms with van der Waals surface area (Å²) in [5.41, 5.74) is 2.35. The molecule has 1 aliphatic heterocycles. The maximum atomic E-state index is 12.8. The van der Waals surface area contributed by atoms with E-state index in [2.05, 4.69) is 23.8 Å². The van der Waals surface area contributed by atoms with E-state index in [0.29, 0.717) is 17.7 Å². The van der Waals surface area contributed by atoms with E-state index in [1.54, 1.807) is 7.11 Å². The average molecular weight is 305 g/mol. The predicted octanol–water partition coefficient (Wildman–Crippen LogP) is 2.13. The number of hydrogen-bond acceptors (Lipinski definition) is 3. The Morgan fingerprint density at radius 1 is 1.45 bits per heavy atom. The van der Waals surface area contributed by atoms with E-state index in [1.165, 1.54) is 11.4 Å². The van der Waals surface area contributed by atoms with Crippen molar-refractivity contribution in [3.8, 4) is 0 Å². The van der Waals surface area contributed by atoms with Crippen molar-refractivity contribution in [3.05, 3.63) is 17.2 Å². The number of fused-ring (bicyclic) bond motifs is 1. The zero-order chi connectivity index (χ0) is 15.7. The van der Waals surface area contributed by atoms with Crippen LogP contribution >= 0.6 is 0 Å². The molecule has 0 saturated carbocycles. The van der Waals surface area contributed by atoms with Crippen LogP contribution in [0, 0.1) is 11.8 Å². The van der Waals surface area contributed by atoms with Gasteiger partial charge in [-0.2, -0.15) is 0 Å². The Morgan fingerprint density at radius 2 is 2.27 bits per heavy atom. The minimum atomic E-state index is 0.120. The number of nitrogens with one attached hydrogen (secondary N) is 1. The van der Waals surface area contributed by atoms with E-state index in [-0.39, 0.29) is 5.92 Å². The molecule has 122 valence electrons. The summed E-state index contributed by atoms with van der Waals surface area (Å²) in [4.78, 5) is 22.9. The van der Waals surface area contributed by atoms with Crippen LogP contribution in [0.3, 0.4) is 0 Å². The van der Waals surface area contributed by atoms with Gasteiger partial charge in [0.15, 0.2) is 0 Å². The number of H-pyrrole nitrogens is 1. The van der Waals surface area contributed by atoms with Crippen molar-refractivity contribution in [1.82, 2.24) is 14.9 Å². The van der Waals surface area contributed by atoms with Crippen molar-refractivity contribution in [1.29, 1.82) is 0 Å². The highest BCUT2D eigenvalue weighted by Gasteiger charge is 2.33. The van der Waals surface area contributed by atoms with Crippen LogP contribution < -0.4 is 0 Å². The molecule has 2 atom stereocenters. The van der Waals surface area contributed by atoms with Crippen molar-refractivity contribution in [2.45, 2.75) is 45.4 Å². The van der Waals surface area contributed by atoms with Gasteiger partial charge in [-0.15, -0.1) is 0 Å². The molecule has 0 radical (unpaired) electrons. The Bertz CT molecular complexity index is 538. The number of amides is 1. The summed E-state index contributed by atoms with van der Waals surface area (Å²) in [7, 11) is 1.73. The number of hydrogen-bond donors (Lipinski definition) is 1. The van der Waals surface area contributed by atoms with Gasteiger partial charge >= 0.3 is 0 Å². The summed E-state index contributed by atoms with van der Waals surface area (Å²) >= 11 is 0. The quantitative estimate of drug-likeness (QED) is 0.927. The molecule has 1 aromatic heterocycles. The molecule has 3 rings (SSSR count). The molecule has 1 aromatic rings. The summed E-state index contributed by atoms with van der Waals surface area (Å²) in [6, 6.07) is 0. The highest BCUT2D eigenvalue weighted by molar-refractivity contribution is 5.79. The topological polar surface area (TPSA) is 58.2 Å². The van der Waals surface area contributed by atoms with Crippen LogP contribution in [0.25, 0.3) is 0 Å². The SMILES string of the molecule is COC[C@H]1CCN(C(=O)[C@@H]2CCc3nc(C(C)C)[nH]c3C2)C1. The summed E-state index contributed by atoms with van der Waals surface area (Å²) < 4.78 is 5.22. The van der Waals surface area contributed by atoms with Gasteiger partial charge in [0.05, 0.1) is 12.3 Å². The smallest absolute Gasteiger partial charge is 0.226 e. The van der Waals surface area contributed by atoms with Crippen molar-refractivity contribution >= 4 is 5.91 Å². The number of aromatic nitrogens is 2. The molecule has 0 aromatic carbocycles. The molecule has 0 spiro atoms. The van der Waals surface area contributed by atoms with Crippen molar-refractivity contribution in [2.24, 2.45) is 11.8 Å². The molecule has 5 heteroatoms. The summed E-state index contributed by atoms with van der Waals surface area (Å²) in [5, 5.41) is 0. The maximum absolute atomic E-state index is 12.8. The Morgan fingerprint density at radius 3 is 3.00 bits per heavy atom. The third-order valence-electron chi connectivity index (χ3n) is 4.96. The van der Waals surface area contributed by atoms with Crippen LogP contribution in [0.1, 0.15) is 49.8 Å². The number of aryl methyl sites for hydroxylation is 1. The van der Waals surface area contributed by atoms with Gasteiger partial charge in [0.2, 0.25) is 5.91 Å². The lowest BCUT2D eigenvalue weighted by atomic mass is 9.89. The first-order valence-electron chi connectivity index (χ1n) is 8.43. The van der Waals surface area contributed by atoms with E-state index >= 15 is 0 Å². The highest BCUT2D eigenvalue weighted by Crippen LogP contribution is 2.28. The van der Waals surface area contributed by atoms with Gasteiger partial charge in [0.25, 0.3) is 0 Å². The van der Waals surface area contributed by atoms with Crippen LogP contribution in [0.4, 0.5) is 0 Å². The largest absolute Gasteiger partial charge is 0.384 e. The van der Waals surface area contributed by atoms with Crippen LogP contribution in [0.15, 0.2) is 0 Å². The molecule has 1 fully saturated rings. The van der Waals surface area contributed by atoms with Gasteiger partial charge in [0.1, 0.15) is 5.82 Å². The number of rotatable bonds is 4. The van der Waals surface area contributed by atoms with E-state index in [0.717, 1.165) is 51.2 Å². The molecule has 1 N–H and O–H groups in total. The maximum Gasteiger partial charge on any atom is 0.226 e. The second-order valence-electron chi connectivity index (χ2n) is 7.04. The minimum absolute atomic E-state index is 0.120. The van der Waals surface area contributed by atoms with Crippen LogP contribution in [0.2, 0.25) is 0 Å². The number of ether oxygens (including phenoxy) is 1. The first-order valence-corrected chi connectivity index (χ1v) is 8.43. The predicted molar refractivity (Wildman–Crippen MR) is 84.8 cm³/mol. The standard InChI is InChI=1S/C17H27N3O2/c1-11(2)16-18-14-5-4-13(8-15(14)19-16)17(21)20-7-6-12(9-20)10-22-3/h11-13H,4-10H2,1-3H3,(H,18,19)/t12-,13+/m0/s1. The van der Waals surface area contributed by atoms with Gasteiger partial charge in [-0.1, -0.05) is 13.8 Å². The number of methoxy groups -OCH3 is 1. The fraction of sp³-hybridized carbons (Fsp3) is 0.765. The molecule has 5 nitrogen and oxygen atoms in total. The normalized spacial score (nSPS) is 24.8. The second-order valence-corrected chi connectivity index (χ2v) is 7.04. The molecule has 1 amide bonds. The minimum Gasteiger partial charge on any atom is -0.384 e. The molecule has 0 unspecified atom stereocenters. The number of nitrogens with zero attached hydrogens (tertiary/aromatic N) is 2. The van der Waals surface area contributed by atoms with Crippen molar-refractivity contribution in [2.75, 3.05) is 26.8 Å². The lowest BCUT2D eigenvalue weighted by Crippen LogP contribution is -2.37. The van der Waals surface area contributed by atoms with Crippen LogP contribution in [-0.4, -0.2) is 47.6 Å². The zero-order valence-corrected chi connectivity index (χ0v) is 13.9. The summed E-state index contributed by atoms with van der Waals surface area (Å²) in [6.45, 7) is 6.80. The van der Waals surface area contributed by atoms with Crippen LogP contribution in [0.5, 0.6) is 0 Å². The number of aromatic amines is 1. The molecular weight excluding hydrogens is 278 g/mol. The van der Waals surface area contributed by atoms with Crippen molar-refractivity contribution in [3.63, 3.8) is 0 Å². The Hall–Kier alpha value is -1.36. The number of carbonyl (C=O) groups is 1. The third-order valence-corrected chi connectivity index (χ3v) is 4.96. The highest BCUT2D eigenvalue weighted by atomic mass is 16.5. The molecule has 22 heavy (non-hydrogen) atoms. The Balaban J connectivity index is 1.63. The molecule has 2 heterocycles. The fourth-order valence-electron chi connectivity index (χ4n) is 3.65. The lowest BCUT2D eigenvalue weighted by molar-refractivity contribution is -0.135. The van der Waals surface area contributed by atoms with Gasteiger partial charge < -0.3 is 14.6 Å². The Labute approximate surface area is 132 Å². The van der Waals surface area contributed by atoms with Crippen LogP contribution in [-0.2, 0) is 22.4 Å².